The number of ether oxygens (including phenoxy) is 2. The molecule has 194 valence electrons. The second-order valence-electron chi connectivity index (χ2n) is 9.55. The maximum atomic E-state index is 13.9. The highest BCUT2D eigenvalue weighted by Gasteiger charge is 2.24. The van der Waals surface area contributed by atoms with Gasteiger partial charge in [0.15, 0.2) is 0 Å². The van der Waals surface area contributed by atoms with Crippen molar-refractivity contribution >= 4 is 22.9 Å². The first kappa shape index (κ1) is 25.4. The molecule has 1 aliphatic carbocycles. The largest absolute Gasteiger partial charge is 0.496 e. The van der Waals surface area contributed by atoms with Crippen LogP contribution in [0.15, 0.2) is 60.9 Å². The number of methoxy groups -OCH3 is 2. The average molecular weight is 523 g/mol. The lowest BCUT2D eigenvalue weighted by Gasteiger charge is -2.36. The normalized spacial score (nSPS) is 17.6. The van der Waals surface area contributed by atoms with Gasteiger partial charge in [0.1, 0.15) is 23.0 Å². The van der Waals surface area contributed by atoms with E-state index in [1.165, 1.54) is 6.07 Å². The summed E-state index contributed by atoms with van der Waals surface area (Å²) < 4.78 is 26.8. The third kappa shape index (κ3) is 5.38. The van der Waals surface area contributed by atoms with Crippen LogP contribution in [0.5, 0.6) is 11.5 Å². The third-order valence-corrected chi connectivity index (χ3v) is 7.68. The van der Waals surface area contributed by atoms with Gasteiger partial charge in [-0.15, -0.1) is 0 Å². The molecule has 5 rings (SSSR count). The molecule has 2 aromatic carbocycles. The number of anilines is 1. The zero-order chi connectivity index (χ0) is 25.9. The van der Waals surface area contributed by atoms with Gasteiger partial charge < -0.3 is 24.1 Å². The molecule has 8 heteroatoms. The lowest BCUT2D eigenvalue weighted by Crippen LogP contribution is -2.40. The lowest BCUT2D eigenvalue weighted by atomic mass is 9.90. The van der Waals surface area contributed by atoms with Crippen molar-refractivity contribution in [1.82, 2.24) is 14.7 Å². The Balaban J connectivity index is 1.26. The Morgan fingerprint density at radius 3 is 2.54 bits per heavy atom. The topological polar surface area (TPSA) is 51.0 Å². The Labute approximate surface area is 222 Å². The molecule has 1 saturated carbocycles. The zero-order valence-corrected chi connectivity index (χ0v) is 22.1. The van der Waals surface area contributed by atoms with Gasteiger partial charge in [-0.3, -0.25) is 0 Å². The molecule has 2 aromatic heterocycles. The van der Waals surface area contributed by atoms with Gasteiger partial charge in [0.05, 0.1) is 24.9 Å². The van der Waals surface area contributed by atoms with Gasteiger partial charge in [-0.25, -0.2) is 9.37 Å². The second kappa shape index (κ2) is 11.0. The van der Waals surface area contributed by atoms with Gasteiger partial charge in [-0.05, 0) is 43.9 Å². The van der Waals surface area contributed by atoms with Crippen LogP contribution >= 0.6 is 11.6 Å². The minimum absolute atomic E-state index is 0.144. The van der Waals surface area contributed by atoms with E-state index >= 15 is 0 Å². The molecule has 0 atom stereocenters. The summed E-state index contributed by atoms with van der Waals surface area (Å²) in [4.78, 5) is 7.22. The Kier molecular flexibility index (Phi) is 7.53. The SMILES string of the molecule is COc1cc(OC)c(-c2cn3ccc(N(C)C4CCC(NCc5ccccc5F)CC4)cc3n2)cc1Cl. The zero-order valence-electron chi connectivity index (χ0n) is 21.4. The number of rotatable bonds is 8. The minimum Gasteiger partial charge on any atom is -0.496 e. The number of pyridine rings is 1. The number of benzene rings is 2. The summed E-state index contributed by atoms with van der Waals surface area (Å²) in [7, 11) is 5.36. The van der Waals surface area contributed by atoms with Gasteiger partial charge in [-0.2, -0.15) is 0 Å². The predicted octanol–water partition coefficient (Wildman–Crippen LogP) is 6.35. The fraction of sp³-hybridized carbons (Fsp3) is 0.345. The molecule has 0 aliphatic heterocycles. The molecule has 0 amide bonds. The van der Waals surface area contributed by atoms with E-state index in [0.29, 0.717) is 35.2 Å². The summed E-state index contributed by atoms with van der Waals surface area (Å²) >= 11 is 6.38. The van der Waals surface area contributed by atoms with E-state index in [-0.39, 0.29) is 5.82 Å². The van der Waals surface area contributed by atoms with E-state index < -0.39 is 0 Å². The first-order valence-electron chi connectivity index (χ1n) is 12.6. The molecule has 6 nitrogen and oxygen atoms in total. The molecule has 4 aromatic rings. The molecule has 0 saturated heterocycles. The van der Waals surface area contributed by atoms with Crippen molar-refractivity contribution in [3.63, 3.8) is 0 Å². The molecule has 2 heterocycles. The Hall–Kier alpha value is -3.29. The fourth-order valence-corrected chi connectivity index (χ4v) is 5.40. The molecule has 0 unspecified atom stereocenters. The van der Waals surface area contributed by atoms with Crippen LogP contribution in [0.2, 0.25) is 5.02 Å². The maximum Gasteiger partial charge on any atom is 0.141 e. The highest BCUT2D eigenvalue weighted by atomic mass is 35.5. The van der Waals surface area contributed by atoms with Crippen LogP contribution in [0, 0.1) is 5.82 Å². The van der Waals surface area contributed by atoms with E-state index in [9.17, 15) is 4.39 Å². The Morgan fingerprint density at radius 2 is 1.81 bits per heavy atom. The summed E-state index contributed by atoms with van der Waals surface area (Å²) in [5, 5.41) is 4.05. The van der Waals surface area contributed by atoms with Crippen LogP contribution in [0.3, 0.4) is 0 Å². The van der Waals surface area contributed by atoms with Gasteiger partial charge in [0, 0.05) is 67.0 Å². The van der Waals surface area contributed by atoms with Crippen molar-refractivity contribution in [3.05, 3.63) is 77.3 Å². The molecule has 0 bridgehead atoms. The minimum atomic E-state index is -0.144. The number of hydrogen-bond acceptors (Lipinski definition) is 5. The van der Waals surface area contributed by atoms with Crippen LogP contribution in [0.25, 0.3) is 16.9 Å². The molecule has 1 fully saturated rings. The first-order chi connectivity index (χ1) is 18.0. The maximum absolute atomic E-state index is 13.9. The molecule has 0 spiro atoms. The number of nitrogens with zero attached hydrogens (tertiary/aromatic N) is 3. The molecule has 1 aliphatic rings. The van der Waals surface area contributed by atoms with Gasteiger partial charge in [-0.1, -0.05) is 29.8 Å². The number of imidazole rings is 1. The summed E-state index contributed by atoms with van der Waals surface area (Å²) in [5.41, 5.74) is 4.31. The van der Waals surface area contributed by atoms with E-state index in [1.807, 2.05) is 35.0 Å². The van der Waals surface area contributed by atoms with Crippen LogP contribution in [-0.2, 0) is 6.54 Å². The van der Waals surface area contributed by atoms with Gasteiger partial charge in [0.2, 0.25) is 0 Å². The smallest absolute Gasteiger partial charge is 0.141 e. The quantitative estimate of drug-likeness (QED) is 0.292. The Morgan fingerprint density at radius 1 is 1.05 bits per heavy atom. The van der Waals surface area contributed by atoms with Crippen LogP contribution in [-0.4, -0.2) is 42.7 Å². The standard InChI is InChI=1S/C29H32ClFN4O2/c1-34(21-10-8-20(9-11-21)32-17-19-6-4-5-7-25(19)31)22-12-13-35-18-26(33-29(35)14-22)23-15-24(30)28(37-3)16-27(23)36-2/h4-7,12-16,18,20-21,32H,8-11,17H2,1-3H3. The van der Waals surface area contributed by atoms with Crippen LogP contribution in [0.4, 0.5) is 10.1 Å². The first-order valence-corrected chi connectivity index (χ1v) is 12.9. The molecular formula is C29H32ClFN4O2. The van der Waals surface area contributed by atoms with Crippen molar-refractivity contribution in [2.45, 2.75) is 44.3 Å². The van der Waals surface area contributed by atoms with E-state index in [4.69, 9.17) is 26.1 Å². The fourth-order valence-electron chi connectivity index (χ4n) is 5.15. The number of hydrogen-bond donors (Lipinski definition) is 1. The monoisotopic (exact) mass is 522 g/mol. The summed E-state index contributed by atoms with van der Waals surface area (Å²) in [6.45, 7) is 0.570. The molecular weight excluding hydrogens is 491 g/mol. The van der Waals surface area contributed by atoms with Crippen molar-refractivity contribution in [2.75, 3.05) is 26.2 Å². The van der Waals surface area contributed by atoms with Crippen LogP contribution < -0.4 is 19.7 Å². The van der Waals surface area contributed by atoms with Gasteiger partial charge >= 0.3 is 0 Å². The van der Waals surface area contributed by atoms with Crippen molar-refractivity contribution in [2.24, 2.45) is 0 Å². The van der Waals surface area contributed by atoms with Crippen molar-refractivity contribution in [3.8, 4) is 22.8 Å². The summed E-state index contributed by atoms with van der Waals surface area (Å²) in [5.74, 6) is 1.07. The van der Waals surface area contributed by atoms with Crippen LogP contribution in [0.1, 0.15) is 31.2 Å². The number of halogens is 2. The van der Waals surface area contributed by atoms with Crippen molar-refractivity contribution < 1.29 is 13.9 Å². The van der Waals surface area contributed by atoms with E-state index in [2.05, 4.69) is 29.4 Å². The summed E-state index contributed by atoms with van der Waals surface area (Å²) in [6.07, 6.45) is 8.31. The highest BCUT2D eigenvalue weighted by molar-refractivity contribution is 6.32. The molecule has 0 radical (unpaired) electrons. The average Bonchev–Trinajstić information content (AvgIpc) is 3.36. The number of nitrogens with one attached hydrogen (secondary N) is 1. The Bertz CT molecular complexity index is 1380. The van der Waals surface area contributed by atoms with E-state index in [1.54, 1.807) is 26.4 Å². The summed E-state index contributed by atoms with van der Waals surface area (Å²) in [6, 6.07) is 15.7. The molecule has 37 heavy (non-hydrogen) atoms. The number of fused-ring (bicyclic) bond motifs is 1. The number of aromatic nitrogens is 2. The highest BCUT2D eigenvalue weighted by Crippen LogP contribution is 2.38. The lowest BCUT2D eigenvalue weighted by molar-refractivity contribution is 0.334. The third-order valence-electron chi connectivity index (χ3n) is 7.38. The second-order valence-corrected chi connectivity index (χ2v) is 9.96. The van der Waals surface area contributed by atoms with E-state index in [0.717, 1.165) is 53.8 Å². The van der Waals surface area contributed by atoms with Gasteiger partial charge in [0.25, 0.3) is 0 Å². The van der Waals surface area contributed by atoms with Crippen molar-refractivity contribution in [1.29, 1.82) is 0 Å². The predicted molar refractivity (Wildman–Crippen MR) is 146 cm³/mol. The molecule has 1 N–H and O–H groups in total.